The lowest BCUT2D eigenvalue weighted by Crippen LogP contribution is -2.16. The van der Waals surface area contributed by atoms with E-state index < -0.39 is 6.43 Å². The van der Waals surface area contributed by atoms with Crippen molar-refractivity contribution < 1.29 is 18.3 Å². The van der Waals surface area contributed by atoms with Gasteiger partial charge in [-0.2, -0.15) is 0 Å². The Labute approximate surface area is 87.9 Å². The maximum atomic E-state index is 12.6. The highest BCUT2D eigenvalue weighted by Gasteiger charge is 2.22. The third kappa shape index (κ3) is 1.68. The van der Waals surface area contributed by atoms with Crippen LogP contribution in [0.25, 0.3) is 0 Å². The Balaban J connectivity index is 2.52. The molecule has 1 heterocycles. The molecular formula is C9H7BrF2O2. The van der Waals surface area contributed by atoms with E-state index in [4.69, 9.17) is 9.47 Å². The quantitative estimate of drug-likeness (QED) is 0.776. The lowest BCUT2D eigenvalue weighted by atomic mass is 10.2. The molecule has 1 aliphatic rings. The largest absolute Gasteiger partial charge is 0.486 e. The summed E-state index contributed by atoms with van der Waals surface area (Å²) < 4.78 is 36.1. The zero-order valence-electron chi connectivity index (χ0n) is 7.10. The predicted octanol–water partition coefficient (Wildman–Crippen LogP) is 3.16. The van der Waals surface area contributed by atoms with Crippen molar-refractivity contribution >= 4 is 15.9 Å². The maximum Gasteiger partial charge on any atom is 0.267 e. The van der Waals surface area contributed by atoms with Gasteiger partial charge in [-0.25, -0.2) is 8.78 Å². The third-order valence-electron chi connectivity index (χ3n) is 1.87. The fourth-order valence-corrected chi connectivity index (χ4v) is 1.76. The fraction of sp³-hybridized carbons (Fsp3) is 0.333. The van der Waals surface area contributed by atoms with E-state index in [1.807, 2.05) is 0 Å². The molecule has 14 heavy (non-hydrogen) atoms. The number of benzene rings is 1. The lowest BCUT2D eigenvalue weighted by Gasteiger charge is -2.21. The van der Waals surface area contributed by atoms with Crippen LogP contribution >= 0.6 is 15.9 Å². The first-order chi connectivity index (χ1) is 6.68. The number of hydrogen-bond donors (Lipinski definition) is 0. The topological polar surface area (TPSA) is 18.5 Å². The van der Waals surface area contributed by atoms with Gasteiger partial charge in [0.1, 0.15) is 13.2 Å². The van der Waals surface area contributed by atoms with Gasteiger partial charge in [0.25, 0.3) is 6.43 Å². The molecule has 0 fully saturated rings. The van der Waals surface area contributed by atoms with Crippen LogP contribution < -0.4 is 9.47 Å². The molecule has 0 bridgehead atoms. The van der Waals surface area contributed by atoms with Crippen molar-refractivity contribution in [3.8, 4) is 11.5 Å². The summed E-state index contributed by atoms with van der Waals surface area (Å²) in [5.74, 6) is 0.537. The molecule has 5 heteroatoms. The lowest BCUT2D eigenvalue weighted by molar-refractivity contribution is 0.129. The van der Waals surface area contributed by atoms with Crippen molar-refractivity contribution in [3.05, 3.63) is 22.2 Å². The van der Waals surface area contributed by atoms with E-state index in [9.17, 15) is 8.78 Å². The van der Waals surface area contributed by atoms with Gasteiger partial charge >= 0.3 is 0 Å². The summed E-state index contributed by atoms with van der Waals surface area (Å²) in [6, 6.07) is 2.97. The summed E-state index contributed by atoms with van der Waals surface area (Å²) >= 11 is 3.14. The van der Waals surface area contributed by atoms with Crippen molar-refractivity contribution in [3.63, 3.8) is 0 Å². The Kier molecular flexibility index (Phi) is 2.58. The van der Waals surface area contributed by atoms with Crippen LogP contribution in [0.2, 0.25) is 0 Å². The van der Waals surface area contributed by atoms with E-state index >= 15 is 0 Å². The summed E-state index contributed by atoms with van der Waals surface area (Å²) in [4.78, 5) is 0. The van der Waals surface area contributed by atoms with Gasteiger partial charge in [-0.3, -0.25) is 0 Å². The van der Waals surface area contributed by atoms with Crippen molar-refractivity contribution in [2.45, 2.75) is 6.43 Å². The number of rotatable bonds is 1. The number of alkyl halides is 2. The predicted molar refractivity (Wildman–Crippen MR) is 50.1 cm³/mol. The molecule has 0 spiro atoms. The van der Waals surface area contributed by atoms with Crippen LogP contribution in [0, 0.1) is 0 Å². The highest BCUT2D eigenvalue weighted by Crippen LogP contribution is 2.41. The van der Waals surface area contributed by atoms with Crippen LogP contribution in [0.3, 0.4) is 0 Å². The van der Waals surface area contributed by atoms with Crippen LogP contribution in [-0.4, -0.2) is 13.2 Å². The first-order valence-electron chi connectivity index (χ1n) is 4.05. The minimum Gasteiger partial charge on any atom is -0.486 e. The van der Waals surface area contributed by atoms with Gasteiger partial charge in [0.2, 0.25) is 0 Å². The molecule has 0 unspecified atom stereocenters. The van der Waals surface area contributed by atoms with E-state index in [1.165, 1.54) is 6.07 Å². The molecule has 0 saturated carbocycles. The van der Waals surface area contributed by atoms with Crippen LogP contribution in [0.1, 0.15) is 12.0 Å². The Bertz CT molecular complexity index is 355. The molecule has 76 valence electrons. The summed E-state index contributed by atoms with van der Waals surface area (Å²) in [6.07, 6.45) is -2.55. The van der Waals surface area contributed by atoms with Crippen molar-refractivity contribution in [2.75, 3.05) is 13.2 Å². The second-order valence-electron chi connectivity index (χ2n) is 2.82. The first-order valence-corrected chi connectivity index (χ1v) is 4.85. The van der Waals surface area contributed by atoms with Crippen LogP contribution in [0.4, 0.5) is 8.78 Å². The van der Waals surface area contributed by atoms with Gasteiger partial charge in [-0.15, -0.1) is 0 Å². The van der Waals surface area contributed by atoms with Crippen LogP contribution in [0.15, 0.2) is 16.6 Å². The summed E-state index contributed by atoms with van der Waals surface area (Å²) in [5, 5.41) is 0. The summed E-state index contributed by atoms with van der Waals surface area (Å²) in [5.41, 5.74) is -0.130. The summed E-state index contributed by atoms with van der Waals surface area (Å²) in [6.45, 7) is 0.709. The molecule has 0 amide bonds. The van der Waals surface area contributed by atoms with Crippen molar-refractivity contribution in [2.24, 2.45) is 0 Å². The van der Waals surface area contributed by atoms with Gasteiger partial charge in [-0.1, -0.05) is 15.9 Å². The SMILES string of the molecule is FC(F)c1cc(Br)cc2c1OCCO2. The Morgan fingerprint density at radius 1 is 1.21 bits per heavy atom. The van der Waals surface area contributed by atoms with E-state index in [-0.39, 0.29) is 11.3 Å². The number of ether oxygens (including phenoxy) is 2. The number of halogens is 3. The van der Waals surface area contributed by atoms with E-state index in [0.29, 0.717) is 23.4 Å². The molecular weight excluding hydrogens is 258 g/mol. The van der Waals surface area contributed by atoms with Crippen molar-refractivity contribution in [1.29, 1.82) is 0 Å². The Morgan fingerprint density at radius 3 is 2.64 bits per heavy atom. The number of hydrogen-bond acceptors (Lipinski definition) is 2. The van der Waals surface area contributed by atoms with Crippen molar-refractivity contribution in [1.82, 2.24) is 0 Å². The number of fused-ring (bicyclic) bond motifs is 1. The zero-order chi connectivity index (χ0) is 10.1. The standard InChI is InChI=1S/C9H7BrF2O2/c10-5-3-6(9(11)12)8-7(4-5)13-1-2-14-8/h3-4,9H,1-2H2. The molecule has 0 aromatic heterocycles. The molecule has 2 rings (SSSR count). The molecule has 0 saturated heterocycles. The van der Waals surface area contributed by atoms with E-state index in [1.54, 1.807) is 6.07 Å². The summed E-state index contributed by atoms with van der Waals surface area (Å²) in [7, 11) is 0. The maximum absolute atomic E-state index is 12.6. The van der Waals surface area contributed by atoms with Gasteiger partial charge in [-0.05, 0) is 12.1 Å². The van der Waals surface area contributed by atoms with Gasteiger partial charge in [0.15, 0.2) is 11.5 Å². The minimum atomic E-state index is -2.55. The molecule has 0 N–H and O–H groups in total. The second kappa shape index (κ2) is 3.73. The van der Waals surface area contributed by atoms with Crippen LogP contribution in [-0.2, 0) is 0 Å². The molecule has 1 aliphatic heterocycles. The highest BCUT2D eigenvalue weighted by atomic mass is 79.9. The van der Waals surface area contributed by atoms with Crippen LogP contribution in [0.5, 0.6) is 11.5 Å². The van der Waals surface area contributed by atoms with E-state index in [0.717, 1.165) is 0 Å². The monoisotopic (exact) mass is 264 g/mol. The molecule has 0 radical (unpaired) electrons. The fourth-order valence-electron chi connectivity index (χ4n) is 1.31. The smallest absolute Gasteiger partial charge is 0.267 e. The average Bonchev–Trinajstić information content (AvgIpc) is 2.16. The average molecular weight is 265 g/mol. The van der Waals surface area contributed by atoms with Gasteiger partial charge in [0, 0.05) is 4.47 Å². The minimum absolute atomic E-state index is 0.130. The van der Waals surface area contributed by atoms with E-state index in [2.05, 4.69) is 15.9 Å². The Hall–Kier alpha value is -0.840. The Morgan fingerprint density at radius 2 is 1.93 bits per heavy atom. The third-order valence-corrected chi connectivity index (χ3v) is 2.33. The second-order valence-corrected chi connectivity index (χ2v) is 3.74. The highest BCUT2D eigenvalue weighted by molar-refractivity contribution is 9.10. The molecule has 2 nitrogen and oxygen atoms in total. The normalized spacial score (nSPS) is 14.6. The molecule has 0 atom stereocenters. The molecule has 0 aliphatic carbocycles. The zero-order valence-corrected chi connectivity index (χ0v) is 8.68. The molecule has 1 aromatic carbocycles. The van der Waals surface area contributed by atoms with Gasteiger partial charge < -0.3 is 9.47 Å². The van der Waals surface area contributed by atoms with Gasteiger partial charge in [0.05, 0.1) is 5.56 Å². The molecule has 1 aromatic rings. The first kappa shape index (κ1) is 9.71.